The molecule has 0 atom stereocenters. The van der Waals surface area contributed by atoms with Crippen molar-refractivity contribution in [2.75, 3.05) is 19.5 Å². The summed E-state index contributed by atoms with van der Waals surface area (Å²) in [5.74, 6) is 1.02. The van der Waals surface area contributed by atoms with Crippen molar-refractivity contribution in [3.05, 3.63) is 102 Å². The van der Waals surface area contributed by atoms with Gasteiger partial charge in [-0.05, 0) is 79.2 Å². The topological polar surface area (TPSA) is 73.3 Å². The van der Waals surface area contributed by atoms with Crippen LogP contribution in [0.3, 0.4) is 0 Å². The molecule has 1 N–H and O–H groups in total. The molecule has 0 bridgehead atoms. The molecule has 4 aromatic carbocycles. The van der Waals surface area contributed by atoms with Crippen LogP contribution in [-0.4, -0.2) is 30.1 Å². The molecule has 2 aromatic heterocycles. The molecule has 39 heavy (non-hydrogen) atoms. The maximum Gasteiger partial charge on any atom is 0.256 e. The Kier molecular flexibility index (Phi) is 6.42. The Morgan fingerprint density at radius 1 is 0.769 bits per heavy atom. The van der Waals surface area contributed by atoms with Crippen molar-refractivity contribution < 1.29 is 14.3 Å². The third kappa shape index (κ3) is 4.80. The van der Waals surface area contributed by atoms with Gasteiger partial charge in [0.25, 0.3) is 5.91 Å². The molecule has 6 rings (SSSR count). The average molecular weight is 532 g/mol. The van der Waals surface area contributed by atoms with Crippen LogP contribution in [0.5, 0.6) is 11.5 Å². The minimum atomic E-state index is -0.210. The van der Waals surface area contributed by atoms with Gasteiger partial charge in [-0.15, -0.1) is 11.3 Å². The van der Waals surface area contributed by atoms with Gasteiger partial charge in [-0.25, -0.2) is 9.97 Å². The van der Waals surface area contributed by atoms with Crippen molar-refractivity contribution in [3.8, 4) is 33.3 Å². The Labute approximate surface area is 229 Å². The highest BCUT2D eigenvalue weighted by molar-refractivity contribution is 7.21. The second-order valence-electron chi connectivity index (χ2n) is 9.16. The molecular formula is C32H25N3O3S. The van der Waals surface area contributed by atoms with Crippen LogP contribution in [0.2, 0.25) is 0 Å². The van der Waals surface area contributed by atoms with E-state index in [-0.39, 0.29) is 5.91 Å². The lowest BCUT2D eigenvalue weighted by Crippen LogP contribution is -2.13. The molecule has 6 nitrogen and oxygen atoms in total. The lowest BCUT2D eigenvalue weighted by Gasteiger charge is -2.13. The number of aromatic nitrogens is 2. The number of carbonyl (C=O) groups is 1. The highest BCUT2D eigenvalue weighted by Gasteiger charge is 2.16. The van der Waals surface area contributed by atoms with E-state index in [0.29, 0.717) is 28.4 Å². The number of hydrogen-bond donors (Lipinski definition) is 1. The number of nitrogens with zero attached hydrogens (tertiary/aromatic N) is 2. The van der Waals surface area contributed by atoms with Crippen LogP contribution in [0.25, 0.3) is 42.9 Å². The minimum absolute atomic E-state index is 0.210. The zero-order valence-electron chi connectivity index (χ0n) is 21.7. The van der Waals surface area contributed by atoms with Crippen LogP contribution in [0.1, 0.15) is 15.9 Å². The molecule has 0 saturated heterocycles. The number of thiazole rings is 1. The van der Waals surface area contributed by atoms with E-state index in [4.69, 9.17) is 19.4 Å². The summed E-state index contributed by atoms with van der Waals surface area (Å²) in [5, 5.41) is 4.78. The van der Waals surface area contributed by atoms with Crippen LogP contribution < -0.4 is 14.8 Å². The molecule has 0 spiro atoms. The van der Waals surface area contributed by atoms with Crippen LogP contribution >= 0.6 is 11.3 Å². The fraction of sp³-hybridized carbons (Fsp3) is 0.0938. The number of rotatable bonds is 6. The number of fused-ring (bicyclic) bond motifs is 2. The van der Waals surface area contributed by atoms with Gasteiger partial charge in [0.1, 0.15) is 5.01 Å². The van der Waals surface area contributed by atoms with Gasteiger partial charge >= 0.3 is 0 Å². The van der Waals surface area contributed by atoms with Crippen LogP contribution in [0.4, 0.5) is 5.69 Å². The summed E-state index contributed by atoms with van der Waals surface area (Å²) in [7, 11) is 3.19. The Hall–Kier alpha value is -4.75. The maximum absolute atomic E-state index is 13.5. The van der Waals surface area contributed by atoms with Crippen molar-refractivity contribution in [2.45, 2.75) is 6.92 Å². The molecule has 7 heteroatoms. The first kappa shape index (κ1) is 24.6. The molecular weight excluding hydrogens is 506 g/mol. The van der Waals surface area contributed by atoms with E-state index >= 15 is 0 Å². The molecule has 6 aromatic rings. The summed E-state index contributed by atoms with van der Waals surface area (Å²) in [6, 6.07) is 29.1. The molecule has 0 aliphatic carbocycles. The van der Waals surface area contributed by atoms with Crippen LogP contribution in [0.15, 0.2) is 91.0 Å². The highest BCUT2D eigenvalue weighted by Crippen LogP contribution is 2.34. The number of aryl methyl sites for hydroxylation is 1. The summed E-state index contributed by atoms with van der Waals surface area (Å²) in [6.45, 7) is 2.08. The first-order chi connectivity index (χ1) is 19.0. The lowest BCUT2D eigenvalue weighted by atomic mass is 10.0. The van der Waals surface area contributed by atoms with Gasteiger partial charge < -0.3 is 14.8 Å². The number of para-hydroxylation sites is 1. The SMILES string of the molecule is COc1ccc(-c2cc(C(=O)Nc3ccc(-c4nc5ccc(C)cc5s4)cc3)c3ccccc3n2)cc1OC. The molecule has 0 fully saturated rings. The Morgan fingerprint density at radius 3 is 2.33 bits per heavy atom. The number of anilines is 1. The number of nitrogens with one attached hydrogen (secondary N) is 1. The average Bonchev–Trinajstić information content (AvgIpc) is 3.39. The largest absolute Gasteiger partial charge is 0.493 e. The van der Waals surface area contributed by atoms with Gasteiger partial charge in [0, 0.05) is 22.2 Å². The molecule has 192 valence electrons. The molecule has 0 aliphatic rings. The third-order valence-corrected chi connectivity index (χ3v) is 7.64. The Balaban J connectivity index is 1.31. The molecule has 1 amide bonds. The number of benzene rings is 4. The van der Waals surface area contributed by atoms with E-state index in [1.807, 2.05) is 72.8 Å². The van der Waals surface area contributed by atoms with Crippen molar-refractivity contribution in [1.82, 2.24) is 9.97 Å². The first-order valence-electron chi connectivity index (χ1n) is 12.4. The predicted molar refractivity (Wildman–Crippen MR) is 158 cm³/mol. The van der Waals surface area contributed by atoms with Gasteiger partial charge in [-0.1, -0.05) is 24.3 Å². The normalized spacial score (nSPS) is 11.1. The number of methoxy groups -OCH3 is 2. The minimum Gasteiger partial charge on any atom is -0.493 e. The van der Waals surface area contributed by atoms with Crippen LogP contribution in [0, 0.1) is 6.92 Å². The Morgan fingerprint density at radius 2 is 1.54 bits per heavy atom. The molecule has 2 heterocycles. The summed E-state index contributed by atoms with van der Waals surface area (Å²) in [4.78, 5) is 23.1. The standard InChI is InChI=1S/C32H25N3O3S/c1-19-8-14-26-30(16-19)39-32(35-26)20-9-12-22(13-10-20)33-31(36)24-18-27(34-25-7-5-4-6-23(24)25)21-11-15-28(37-2)29(17-21)38-3/h4-18H,1-3H3,(H,33,36). The monoisotopic (exact) mass is 531 g/mol. The molecule has 0 radical (unpaired) electrons. The lowest BCUT2D eigenvalue weighted by molar-refractivity contribution is 0.102. The number of amides is 1. The quantitative estimate of drug-likeness (QED) is 0.238. The maximum atomic E-state index is 13.5. The highest BCUT2D eigenvalue weighted by atomic mass is 32.1. The number of carbonyl (C=O) groups excluding carboxylic acids is 1. The van der Waals surface area contributed by atoms with E-state index in [1.54, 1.807) is 25.6 Å². The Bertz CT molecular complexity index is 1840. The zero-order valence-corrected chi connectivity index (χ0v) is 22.5. The zero-order chi connectivity index (χ0) is 26.9. The first-order valence-corrected chi connectivity index (χ1v) is 13.3. The molecule has 0 saturated carbocycles. The van der Waals surface area contributed by atoms with Gasteiger partial charge in [0.15, 0.2) is 11.5 Å². The number of hydrogen-bond acceptors (Lipinski definition) is 6. The van der Waals surface area contributed by atoms with Crippen LogP contribution in [-0.2, 0) is 0 Å². The molecule has 0 aliphatic heterocycles. The smallest absolute Gasteiger partial charge is 0.256 e. The fourth-order valence-corrected chi connectivity index (χ4v) is 5.63. The summed E-state index contributed by atoms with van der Waals surface area (Å²) < 4.78 is 12.0. The van der Waals surface area contributed by atoms with E-state index in [0.717, 1.165) is 37.3 Å². The fourth-order valence-electron chi connectivity index (χ4n) is 4.56. The van der Waals surface area contributed by atoms with E-state index in [9.17, 15) is 4.79 Å². The third-order valence-electron chi connectivity index (χ3n) is 6.57. The summed E-state index contributed by atoms with van der Waals surface area (Å²) in [5.41, 5.74) is 6.68. The van der Waals surface area contributed by atoms with E-state index < -0.39 is 0 Å². The number of pyridine rings is 1. The molecule has 0 unspecified atom stereocenters. The van der Waals surface area contributed by atoms with Crippen molar-refractivity contribution >= 4 is 44.1 Å². The number of ether oxygens (including phenoxy) is 2. The van der Waals surface area contributed by atoms with E-state index in [2.05, 4.69) is 30.4 Å². The second-order valence-corrected chi connectivity index (χ2v) is 10.2. The van der Waals surface area contributed by atoms with Crippen molar-refractivity contribution in [3.63, 3.8) is 0 Å². The second kappa shape index (κ2) is 10.2. The van der Waals surface area contributed by atoms with Gasteiger partial charge in [0.05, 0.1) is 41.2 Å². The summed E-state index contributed by atoms with van der Waals surface area (Å²) >= 11 is 1.66. The van der Waals surface area contributed by atoms with E-state index in [1.165, 1.54) is 5.56 Å². The van der Waals surface area contributed by atoms with Gasteiger partial charge in [-0.2, -0.15) is 0 Å². The van der Waals surface area contributed by atoms with Crippen molar-refractivity contribution in [2.24, 2.45) is 0 Å². The van der Waals surface area contributed by atoms with Gasteiger partial charge in [-0.3, -0.25) is 4.79 Å². The summed E-state index contributed by atoms with van der Waals surface area (Å²) in [6.07, 6.45) is 0. The van der Waals surface area contributed by atoms with Gasteiger partial charge in [0.2, 0.25) is 0 Å². The van der Waals surface area contributed by atoms with Crippen molar-refractivity contribution in [1.29, 1.82) is 0 Å². The predicted octanol–water partition coefficient (Wildman–Crippen LogP) is 7.76.